The topological polar surface area (TPSA) is 86.9 Å². The number of nitrogens with one attached hydrogen (secondary N) is 2. The minimum atomic E-state index is -0.355. The third kappa shape index (κ3) is 4.71. The molecular weight excluding hydrogens is 364 g/mol. The second kappa shape index (κ2) is 8.89. The van der Waals surface area contributed by atoms with E-state index < -0.39 is 0 Å². The highest BCUT2D eigenvalue weighted by atomic mass is 16.2. The van der Waals surface area contributed by atoms with Crippen LogP contribution in [-0.4, -0.2) is 16.4 Å². The van der Waals surface area contributed by atoms with E-state index in [0.29, 0.717) is 17.5 Å². The summed E-state index contributed by atoms with van der Waals surface area (Å²) in [4.78, 5) is 24.6. The number of carbonyl (C=O) groups excluding carboxylic acids is 2. The fourth-order valence-corrected chi connectivity index (χ4v) is 3.23. The maximum Gasteiger partial charge on any atom is 0.271 e. The van der Waals surface area contributed by atoms with E-state index in [1.54, 1.807) is 18.2 Å². The van der Waals surface area contributed by atoms with E-state index in [0.717, 1.165) is 22.6 Å². The van der Waals surface area contributed by atoms with Gasteiger partial charge in [0.1, 0.15) is 0 Å². The minimum Gasteiger partial charge on any atom is -0.318 e. The third-order valence-electron chi connectivity index (χ3n) is 4.73. The fraction of sp³-hybridized carbons (Fsp3) is 0.174. The minimum absolute atomic E-state index is 0.231. The van der Waals surface area contributed by atoms with E-state index in [9.17, 15) is 9.59 Å². The molecule has 0 fully saturated rings. The zero-order valence-electron chi connectivity index (χ0n) is 16.4. The van der Waals surface area contributed by atoms with Gasteiger partial charge in [-0.2, -0.15) is 5.26 Å². The highest BCUT2D eigenvalue weighted by Gasteiger charge is 2.17. The van der Waals surface area contributed by atoms with Crippen molar-refractivity contribution in [1.29, 1.82) is 5.26 Å². The van der Waals surface area contributed by atoms with Crippen molar-refractivity contribution in [3.8, 4) is 11.8 Å². The molecule has 0 radical (unpaired) electrons. The summed E-state index contributed by atoms with van der Waals surface area (Å²) in [6.45, 7) is 3.81. The highest BCUT2D eigenvalue weighted by molar-refractivity contribution is 5.97. The summed E-state index contributed by atoms with van der Waals surface area (Å²) in [5.74, 6) is -0.633. The van der Waals surface area contributed by atoms with Crippen LogP contribution in [0.2, 0.25) is 0 Å². The van der Waals surface area contributed by atoms with Gasteiger partial charge in [-0.25, -0.2) is 0 Å². The standard InChI is InChI=1S/C23H22N4O2/c1-16-14-21(17(2)27(16)20-6-4-3-5-7-20)23(29)26-25-22(28)13-12-18-8-10-19(15-24)11-9-18/h3-11,14H,12-13H2,1-2H3,(H,25,28)(H,26,29). The van der Waals surface area contributed by atoms with Crippen LogP contribution in [0, 0.1) is 25.2 Å². The Morgan fingerprint density at radius 1 is 1.00 bits per heavy atom. The summed E-state index contributed by atoms with van der Waals surface area (Å²) < 4.78 is 2.00. The normalized spacial score (nSPS) is 10.2. The van der Waals surface area contributed by atoms with Crippen molar-refractivity contribution in [2.75, 3.05) is 0 Å². The largest absolute Gasteiger partial charge is 0.318 e. The molecule has 3 aromatic rings. The quantitative estimate of drug-likeness (QED) is 0.659. The van der Waals surface area contributed by atoms with E-state index >= 15 is 0 Å². The van der Waals surface area contributed by atoms with Gasteiger partial charge in [0.2, 0.25) is 5.91 Å². The summed E-state index contributed by atoms with van der Waals surface area (Å²) in [6.07, 6.45) is 0.755. The number of nitriles is 1. The van der Waals surface area contributed by atoms with Gasteiger partial charge in [-0.05, 0) is 56.2 Å². The number of carbonyl (C=O) groups is 2. The van der Waals surface area contributed by atoms with Crippen LogP contribution in [0.25, 0.3) is 5.69 Å². The van der Waals surface area contributed by atoms with E-state index in [-0.39, 0.29) is 18.2 Å². The maximum absolute atomic E-state index is 12.5. The van der Waals surface area contributed by atoms with Crippen molar-refractivity contribution in [2.45, 2.75) is 26.7 Å². The fourth-order valence-electron chi connectivity index (χ4n) is 3.23. The van der Waals surface area contributed by atoms with Crippen LogP contribution in [0.1, 0.15) is 39.3 Å². The SMILES string of the molecule is Cc1cc(C(=O)NNC(=O)CCc2ccc(C#N)cc2)c(C)n1-c1ccccc1. The molecule has 2 amide bonds. The zero-order valence-corrected chi connectivity index (χ0v) is 16.4. The van der Waals surface area contributed by atoms with Gasteiger partial charge < -0.3 is 4.57 Å². The first-order valence-electron chi connectivity index (χ1n) is 9.32. The van der Waals surface area contributed by atoms with Gasteiger partial charge in [0.05, 0.1) is 17.2 Å². The number of para-hydroxylation sites is 1. The average Bonchev–Trinajstić information content (AvgIpc) is 3.05. The molecule has 0 unspecified atom stereocenters. The van der Waals surface area contributed by atoms with Gasteiger partial charge in [0.15, 0.2) is 0 Å². The Hall–Kier alpha value is -3.85. The Bertz CT molecular complexity index is 1060. The van der Waals surface area contributed by atoms with Gasteiger partial charge in [0, 0.05) is 23.5 Å². The van der Waals surface area contributed by atoms with Crippen LogP contribution in [0.3, 0.4) is 0 Å². The number of nitrogens with zero attached hydrogens (tertiary/aromatic N) is 2. The zero-order chi connectivity index (χ0) is 20.8. The number of hydrogen-bond acceptors (Lipinski definition) is 3. The number of hydrogen-bond donors (Lipinski definition) is 2. The van der Waals surface area contributed by atoms with E-state index in [4.69, 9.17) is 5.26 Å². The second-order valence-corrected chi connectivity index (χ2v) is 6.77. The summed E-state index contributed by atoms with van der Waals surface area (Å²) in [7, 11) is 0. The van der Waals surface area contributed by atoms with Crippen LogP contribution in [0.15, 0.2) is 60.7 Å². The summed E-state index contributed by atoms with van der Waals surface area (Å²) in [5.41, 5.74) is 9.73. The molecule has 2 aromatic carbocycles. The smallest absolute Gasteiger partial charge is 0.271 e. The molecule has 3 rings (SSSR count). The Morgan fingerprint density at radius 2 is 1.69 bits per heavy atom. The van der Waals surface area contributed by atoms with Gasteiger partial charge >= 0.3 is 0 Å². The second-order valence-electron chi connectivity index (χ2n) is 6.77. The molecule has 0 atom stereocenters. The molecule has 146 valence electrons. The lowest BCUT2D eigenvalue weighted by atomic mass is 10.1. The number of aryl methyl sites for hydroxylation is 2. The summed E-state index contributed by atoms with van der Waals surface area (Å²) in [6, 6.07) is 20.7. The molecule has 0 spiro atoms. The number of amides is 2. The first-order chi connectivity index (χ1) is 14.0. The molecule has 1 aromatic heterocycles. The van der Waals surface area contributed by atoms with Crippen LogP contribution in [-0.2, 0) is 11.2 Å². The number of rotatable bonds is 5. The monoisotopic (exact) mass is 386 g/mol. The van der Waals surface area contributed by atoms with Crippen LogP contribution >= 0.6 is 0 Å². The lowest BCUT2D eigenvalue weighted by Crippen LogP contribution is -2.41. The third-order valence-corrected chi connectivity index (χ3v) is 4.73. The highest BCUT2D eigenvalue weighted by Crippen LogP contribution is 2.20. The van der Waals surface area contributed by atoms with Crippen molar-refractivity contribution in [1.82, 2.24) is 15.4 Å². The van der Waals surface area contributed by atoms with E-state index in [2.05, 4.69) is 16.9 Å². The first kappa shape index (κ1) is 19.9. The van der Waals surface area contributed by atoms with Crippen molar-refractivity contribution in [3.63, 3.8) is 0 Å². The van der Waals surface area contributed by atoms with E-state index in [1.807, 2.05) is 60.9 Å². The number of aromatic nitrogens is 1. The molecule has 6 nitrogen and oxygen atoms in total. The lowest BCUT2D eigenvalue weighted by molar-refractivity contribution is -0.121. The Morgan fingerprint density at radius 3 is 2.34 bits per heavy atom. The van der Waals surface area contributed by atoms with Crippen LogP contribution < -0.4 is 10.9 Å². The molecule has 2 N–H and O–H groups in total. The van der Waals surface area contributed by atoms with Crippen molar-refractivity contribution >= 4 is 11.8 Å². The molecule has 0 aliphatic carbocycles. The molecule has 29 heavy (non-hydrogen) atoms. The number of benzene rings is 2. The molecule has 6 heteroatoms. The molecule has 0 saturated carbocycles. The predicted octanol–water partition coefficient (Wildman–Crippen LogP) is 3.36. The Balaban J connectivity index is 1.58. The van der Waals surface area contributed by atoms with Crippen molar-refractivity contribution in [3.05, 3.63) is 88.7 Å². The average molecular weight is 386 g/mol. The molecule has 0 saturated heterocycles. The van der Waals surface area contributed by atoms with Crippen molar-refractivity contribution < 1.29 is 9.59 Å². The van der Waals surface area contributed by atoms with Crippen LogP contribution in [0.5, 0.6) is 0 Å². The summed E-state index contributed by atoms with van der Waals surface area (Å²) >= 11 is 0. The first-order valence-corrected chi connectivity index (χ1v) is 9.32. The predicted molar refractivity (Wildman–Crippen MR) is 110 cm³/mol. The van der Waals surface area contributed by atoms with Gasteiger partial charge in [-0.1, -0.05) is 30.3 Å². The maximum atomic E-state index is 12.5. The lowest BCUT2D eigenvalue weighted by Gasteiger charge is -2.10. The Labute approximate surface area is 169 Å². The Kier molecular flexibility index (Phi) is 6.10. The van der Waals surface area contributed by atoms with Crippen LogP contribution in [0.4, 0.5) is 0 Å². The molecular formula is C23H22N4O2. The molecule has 1 heterocycles. The molecule has 0 aliphatic heterocycles. The molecule has 0 bridgehead atoms. The van der Waals surface area contributed by atoms with Crippen molar-refractivity contribution in [2.24, 2.45) is 0 Å². The van der Waals surface area contributed by atoms with Gasteiger partial charge in [-0.15, -0.1) is 0 Å². The molecule has 0 aliphatic rings. The van der Waals surface area contributed by atoms with Gasteiger partial charge in [0.25, 0.3) is 5.91 Å². The number of hydrazine groups is 1. The van der Waals surface area contributed by atoms with E-state index in [1.165, 1.54) is 0 Å². The summed E-state index contributed by atoms with van der Waals surface area (Å²) in [5, 5.41) is 8.81. The van der Waals surface area contributed by atoms with Gasteiger partial charge in [-0.3, -0.25) is 20.4 Å².